The molecule has 1 aromatic heterocycles. The molecule has 0 bridgehead atoms. The normalized spacial score (nSPS) is 24.0. The number of rotatable bonds is 3. The Hall–Kier alpha value is -1.47. The molecule has 126 valence electrons. The van der Waals surface area contributed by atoms with Crippen molar-refractivity contribution in [1.29, 1.82) is 0 Å². The largest absolute Gasteiger partial charge is 0.341 e. The number of carbonyl (C=O) groups is 1. The highest BCUT2D eigenvalue weighted by molar-refractivity contribution is 7.88. The van der Waals surface area contributed by atoms with Crippen LogP contribution in [0.25, 0.3) is 0 Å². The van der Waals surface area contributed by atoms with Gasteiger partial charge >= 0.3 is 0 Å². The maximum Gasteiger partial charge on any atom is 0.241 e. The highest BCUT2D eigenvalue weighted by atomic mass is 32.2. The number of pyridine rings is 1. The average Bonchev–Trinajstić information content (AvgIpc) is 3.05. The number of carbonyl (C=O) groups excluding carboxylic acids is 1. The first-order valence-corrected chi connectivity index (χ1v) is 9.97. The van der Waals surface area contributed by atoms with Crippen LogP contribution in [-0.4, -0.2) is 60.4 Å². The summed E-state index contributed by atoms with van der Waals surface area (Å²) < 4.78 is 25.0. The van der Waals surface area contributed by atoms with Crippen LogP contribution in [0.3, 0.4) is 0 Å². The van der Waals surface area contributed by atoms with Gasteiger partial charge < -0.3 is 4.90 Å². The number of amides is 1. The summed E-state index contributed by atoms with van der Waals surface area (Å²) in [6.45, 7) is 1.85. The van der Waals surface area contributed by atoms with Gasteiger partial charge in [-0.15, -0.1) is 0 Å². The van der Waals surface area contributed by atoms with E-state index in [0.717, 1.165) is 19.3 Å². The standard InChI is InChI=1S/C16H23N3O3S/c1-23(21,22)19-10-2-3-15(19)16(20)18-11-6-14(7-12-18)13-4-8-17-9-5-13/h4-5,8-9,14-15H,2-3,6-7,10-12H2,1H3. The van der Waals surface area contributed by atoms with Gasteiger partial charge in [-0.2, -0.15) is 4.31 Å². The Bertz CT molecular complexity index is 654. The number of nitrogens with zero attached hydrogens (tertiary/aromatic N) is 3. The van der Waals surface area contributed by atoms with Gasteiger partial charge in [0.15, 0.2) is 0 Å². The minimum absolute atomic E-state index is 0.0268. The van der Waals surface area contributed by atoms with E-state index in [1.165, 1.54) is 16.1 Å². The van der Waals surface area contributed by atoms with Crippen LogP contribution in [0.2, 0.25) is 0 Å². The summed E-state index contributed by atoms with van der Waals surface area (Å²) in [7, 11) is -3.31. The molecule has 0 aromatic carbocycles. The molecule has 1 atom stereocenters. The van der Waals surface area contributed by atoms with Crippen molar-refractivity contribution in [2.75, 3.05) is 25.9 Å². The maximum absolute atomic E-state index is 12.7. The van der Waals surface area contributed by atoms with Crippen LogP contribution in [-0.2, 0) is 14.8 Å². The number of aromatic nitrogens is 1. The van der Waals surface area contributed by atoms with Gasteiger partial charge in [-0.3, -0.25) is 9.78 Å². The van der Waals surface area contributed by atoms with Crippen molar-refractivity contribution in [2.24, 2.45) is 0 Å². The van der Waals surface area contributed by atoms with Crippen molar-refractivity contribution in [2.45, 2.75) is 37.6 Å². The summed E-state index contributed by atoms with van der Waals surface area (Å²) in [5.74, 6) is 0.428. The summed E-state index contributed by atoms with van der Waals surface area (Å²) in [6.07, 6.45) is 8.02. The Balaban J connectivity index is 1.62. The smallest absolute Gasteiger partial charge is 0.241 e. The molecule has 0 radical (unpaired) electrons. The fourth-order valence-corrected chi connectivity index (χ4v) is 4.78. The van der Waals surface area contributed by atoms with E-state index in [1.54, 1.807) is 12.4 Å². The Kier molecular flexibility index (Phi) is 4.68. The Morgan fingerprint density at radius 2 is 1.78 bits per heavy atom. The third-order valence-corrected chi connectivity index (χ3v) is 6.19. The van der Waals surface area contributed by atoms with E-state index in [1.807, 2.05) is 17.0 Å². The zero-order valence-corrected chi connectivity index (χ0v) is 14.2. The topological polar surface area (TPSA) is 70.6 Å². The Labute approximate surface area is 137 Å². The van der Waals surface area contributed by atoms with Gasteiger partial charge in [0.05, 0.1) is 6.26 Å². The molecular formula is C16H23N3O3S. The van der Waals surface area contributed by atoms with E-state index in [-0.39, 0.29) is 5.91 Å². The van der Waals surface area contributed by atoms with E-state index < -0.39 is 16.1 Å². The predicted octanol–water partition coefficient (Wildman–Crippen LogP) is 1.21. The Morgan fingerprint density at radius 1 is 1.13 bits per heavy atom. The molecule has 0 aliphatic carbocycles. The number of hydrogen-bond acceptors (Lipinski definition) is 4. The molecule has 2 fully saturated rings. The lowest BCUT2D eigenvalue weighted by molar-refractivity contribution is -0.135. The minimum Gasteiger partial charge on any atom is -0.341 e. The van der Waals surface area contributed by atoms with Crippen LogP contribution < -0.4 is 0 Å². The van der Waals surface area contributed by atoms with E-state index in [2.05, 4.69) is 4.98 Å². The van der Waals surface area contributed by atoms with Crippen molar-refractivity contribution >= 4 is 15.9 Å². The summed E-state index contributed by atoms with van der Waals surface area (Å²) >= 11 is 0. The first-order chi connectivity index (χ1) is 11.0. The molecule has 3 rings (SSSR count). The van der Waals surface area contributed by atoms with Gasteiger partial charge in [-0.1, -0.05) is 0 Å². The van der Waals surface area contributed by atoms with Gasteiger partial charge in [-0.05, 0) is 49.3 Å². The molecule has 1 aromatic rings. The SMILES string of the molecule is CS(=O)(=O)N1CCCC1C(=O)N1CCC(c2ccncc2)CC1. The van der Waals surface area contributed by atoms with Gasteiger partial charge in [0, 0.05) is 32.0 Å². The molecule has 23 heavy (non-hydrogen) atoms. The third kappa shape index (κ3) is 3.55. The predicted molar refractivity (Wildman–Crippen MR) is 87.4 cm³/mol. The lowest BCUT2D eigenvalue weighted by Gasteiger charge is -2.35. The molecule has 0 saturated carbocycles. The molecule has 6 nitrogen and oxygen atoms in total. The second kappa shape index (κ2) is 6.57. The van der Waals surface area contributed by atoms with Gasteiger partial charge in [-0.25, -0.2) is 8.42 Å². The number of sulfonamides is 1. The molecule has 1 amide bonds. The lowest BCUT2D eigenvalue weighted by Crippen LogP contribution is -2.49. The average molecular weight is 337 g/mol. The summed E-state index contributed by atoms with van der Waals surface area (Å²) in [5, 5.41) is 0. The molecule has 0 spiro atoms. The van der Waals surface area contributed by atoms with Crippen molar-refractivity contribution in [3.63, 3.8) is 0 Å². The summed E-state index contributed by atoms with van der Waals surface area (Å²) in [6, 6.07) is 3.57. The van der Waals surface area contributed by atoms with Gasteiger partial charge in [0.25, 0.3) is 0 Å². The van der Waals surface area contributed by atoms with Crippen LogP contribution in [0.15, 0.2) is 24.5 Å². The molecule has 0 N–H and O–H groups in total. The molecule has 2 saturated heterocycles. The monoisotopic (exact) mass is 337 g/mol. The third-order valence-electron chi connectivity index (χ3n) is 4.90. The summed E-state index contributed by atoms with van der Waals surface area (Å²) in [4.78, 5) is 18.6. The van der Waals surface area contributed by atoms with Crippen LogP contribution in [0.4, 0.5) is 0 Å². The zero-order valence-electron chi connectivity index (χ0n) is 13.4. The van der Waals surface area contributed by atoms with E-state index >= 15 is 0 Å². The van der Waals surface area contributed by atoms with Crippen molar-refractivity contribution in [3.05, 3.63) is 30.1 Å². The summed E-state index contributed by atoms with van der Waals surface area (Å²) in [5.41, 5.74) is 1.27. The van der Waals surface area contributed by atoms with Crippen LogP contribution in [0.5, 0.6) is 0 Å². The van der Waals surface area contributed by atoms with Gasteiger partial charge in [0.2, 0.25) is 15.9 Å². The van der Waals surface area contributed by atoms with E-state index in [9.17, 15) is 13.2 Å². The molecule has 7 heteroatoms. The van der Waals surface area contributed by atoms with Crippen molar-refractivity contribution in [1.82, 2.24) is 14.2 Å². The molecular weight excluding hydrogens is 314 g/mol. The zero-order chi connectivity index (χ0) is 16.4. The minimum atomic E-state index is -3.31. The van der Waals surface area contributed by atoms with E-state index in [4.69, 9.17) is 0 Å². The van der Waals surface area contributed by atoms with Crippen molar-refractivity contribution < 1.29 is 13.2 Å². The molecule has 1 unspecified atom stereocenters. The Morgan fingerprint density at radius 3 is 2.39 bits per heavy atom. The molecule has 2 aliphatic rings. The highest BCUT2D eigenvalue weighted by Crippen LogP contribution is 2.29. The van der Waals surface area contributed by atoms with Crippen LogP contribution in [0, 0.1) is 0 Å². The fourth-order valence-electron chi connectivity index (χ4n) is 3.66. The van der Waals surface area contributed by atoms with Crippen LogP contribution in [0.1, 0.15) is 37.2 Å². The number of likely N-dealkylation sites (tertiary alicyclic amines) is 1. The number of piperidine rings is 1. The lowest BCUT2D eigenvalue weighted by atomic mass is 9.90. The van der Waals surface area contributed by atoms with Crippen LogP contribution >= 0.6 is 0 Å². The maximum atomic E-state index is 12.7. The first-order valence-electron chi connectivity index (χ1n) is 8.12. The van der Waals surface area contributed by atoms with E-state index in [0.29, 0.717) is 32.0 Å². The first kappa shape index (κ1) is 16.4. The molecule has 3 heterocycles. The number of hydrogen-bond donors (Lipinski definition) is 0. The molecule has 2 aliphatic heterocycles. The quantitative estimate of drug-likeness (QED) is 0.831. The highest BCUT2D eigenvalue weighted by Gasteiger charge is 2.39. The fraction of sp³-hybridized carbons (Fsp3) is 0.625. The second-order valence-corrected chi connectivity index (χ2v) is 8.35. The second-order valence-electron chi connectivity index (χ2n) is 6.41. The van der Waals surface area contributed by atoms with Gasteiger partial charge in [0.1, 0.15) is 6.04 Å². The van der Waals surface area contributed by atoms with Crippen molar-refractivity contribution in [3.8, 4) is 0 Å².